The van der Waals surface area contributed by atoms with Crippen LogP contribution in [0.2, 0.25) is 0 Å². The van der Waals surface area contributed by atoms with E-state index in [2.05, 4.69) is 21.2 Å². The average molecular weight is 303 g/mol. The van der Waals surface area contributed by atoms with Crippen molar-refractivity contribution >= 4 is 38.8 Å². The molecule has 3 N–H and O–H groups in total. The minimum Gasteiger partial charge on any atom is -0.389 e. The number of halogens is 1. The summed E-state index contributed by atoms with van der Waals surface area (Å²) >= 11 is 8.41. The van der Waals surface area contributed by atoms with Crippen molar-refractivity contribution in [2.75, 3.05) is 19.0 Å². The van der Waals surface area contributed by atoms with Crippen LogP contribution in [0, 0.1) is 0 Å². The second-order valence-electron chi connectivity index (χ2n) is 3.48. The molecule has 16 heavy (non-hydrogen) atoms. The molecule has 0 spiro atoms. The van der Waals surface area contributed by atoms with Gasteiger partial charge in [-0.3, -0.25) is 0 Å². The minimum atomic E-state index is 0.137. The second-order valence-corrected chi connectivity index (χ2v) is 4.84. The Balaban J connectivity index is 2.84. The molecule has 1 aromatic carbocycles. The summed E-state index contributed by atoms with van der Waals surface area (Å²) in [6.07, 6.45) is 0.137. The predicted molar refractivity (Wildman–Crippen MR) is 75.0 cm³/mol. The monoisotopic (exact) mass is 302 g/mol. The first-order valence-corrected chi connectivity index (χ1v) is 6.10. The largest absolute Gasteiger partial charge is 0.389 e. The van der Waals surface area contributed by atoms with E-state index in [-0.39, 0.29) is 6.10 Å². The summed E-state index contributed by atoms with van der Waals surface area (Å²) in [5, 5.41) is 3.26. The summed E-state index contributed by atoms with van der Waals surface area (Å²) in [5.41, 5.74) is 7.42. The summed E-state index contributed by atoms with van der Waals surface area (Å²) in [6.45, 7) is 2.70. The predicted octanol–water partition coefficient (Wildman–Crippen LogP) is 2.53. The molecule has 1 rings (SSSR count). The Morgan fingerprint density at radius 2 is 2.31 bits per heavy atom. The molecule has 0 aromatic heterocycles. The number of rotatable bonds is 5. The maximum Gasteiger partial charge on any atom is 0.106 e. The lowest BCUT2D eigenvalue weighted by atomic mass is 10.1. The molecule has 3 nitrogen and oxygen atoms in total. The zero-order valence-corrected chi connectivity index (χ0v) is 11.7. The molecule has 0 saturated heterocycles. The SMILES string of the molecule is COC(C)CNc1cc(Br)ccc1C(N)=S. The first kappa shape index (κ1) is 13.4. The van der Waals surface area contributed by atoms with E-state index in [0.717, 1.165) is 15.7 Å². The lowest BCUT2D eigenvalue weighted by molar-refractivity contribution is 0.129. The first-order valence-electron chi connectivity index (χ1n) is 4.90. The van der Waals surface area contributed by atoms with Crippen LogP contribution in [-0.4, -0.2) is 24.7 Å². The minimum absolute atomic E-state index is 0.137. The van der Waals surface area contributed by atoms with Gasteiger partial charge in [0.2, 0.25) is 0 Å². The maximum atomic E-state index is 5.65. The Morgan fingerprint density at radius 3 is 2.88 bits per heavy atom. The van der Waals surface area contributed by atoms with Crippen LogP contribution in [0.15, 0.2) is 22.7 Å². The highest BCUT2D eigenvalue weighted by molar-refractivity contribution is 9.10. The van der Waals surface area contributed by atoms with Gasteiger partial charge in [-0.1, -0.05) is 28.1 Å². The molecule has 0 amide bonds. The fourth-order valence-electron chi connectivity index (χ4n) is 1.21. The van der Waals surface area contributed by atoms with E-state index in [1.807, 2.05) is 25.1 Å². The molecule has 0 aliphatic carbocycles. The molecule has 0 radical (unpaired) electrons. The van der Waals surface area contributed by atoms with Crippen molar-refractivity contribution < 1.29 is 4.74 Å². The number of nitrogens with one attached hydrogen (secondary N) is 1. The number of nitrogens with two attached hydrogens (primary N) is 1. The van der Waals surface area contributed by atoms with Crippen LogP contribution in [0.1, 0.15) is 12.5 Å². The van der Waals surface area contributed by atoms with Crippen molar-refractivity contribution in [2.45, 2.75) is 13.0 Å². The zero-order valence-electron chi connectivity index (χ0n) is 9.29. The smallest absolute Gasteiger partial charge is 0.106 e. The van der Waals surface area contributed by atoms with Crippen LogP contribution >= 0.6 is 28.1 Å². The molecular formula is C11H15BrN2OS. The Hall–Kier alpha value is -0.650. The van der Waals surface area contributed by atoms with E-state index >= 15 is 0 Å². The van der Waals surface area contributed by atoms with E-state index in [0.29, 0.717) is 11.5 Å². The van der Waals surface area contributed by atoms with Crippen LogP contribution in [0.25, 0.3) is 0 Å². The lowest BCUT2D eigenvalue weighted by Gasteiger charge is -2.15. The van der Waals surface area contributed by atoms with Gasteiger partial charge >= 0.3 is 0 Å². The van der Waals surface area contributed by atoms with Gasteiger partial charge in [0.25, 0.3) is 0 Å². The van der Waals surface area contributed by atoms with Crippen molar-refractivity contribution in [3.63, 3.8) is 0 Å². The lowest BCUT2D eigenvalue weighted by Crippen LogP contribution is -2.20. The standard InChI is InChI=1S/C11H15BrN2OS/c1-7(15-2)6-14-10-5-8(12)3-4-9(10)11(13)16/h3-5,7,14H,6H2,1-2H3,(H2,13,16). The van der Waals surface area contributed by atoms with E-state index in [1.165, 1.54) is 0 Å². The second kappa shape index (κ2) is 6.18. The summed E-state index contributed by atoms with van der Waals surface area (Å²) in [5.74, 6) is 0. The number of methoxy groups -OCH3 is 1. The summed E-state index contributed by atoms with van der Waals surface area (Å²) < 4.78 is 6.15. The summed E-state index contributed by atoms with van der Waals surface area (Å²) in [6, 6.07) is 5.77. The van der Waals surface area contributed by atoms with Crippen LogP contribution in [0.5, 0.6) is 0 Å². The van der Waals surface area contributed by atoms with Gasteiger partial charge in [-0.2, -0.15) is 0 Å². The van der Waals surface area contributed by atoms with E-state index in [4.69, 9.17) is 22.7 Å². The van der Waals surface area contributed by atoms with Crippen molar-refractivity contribution in [1.29, 1.82) is 0 Å². The number of hydrogen-bond donors (Lipinski definition) is 2. The van der Waals surface area contributed by atoms with Gasteiger partial charge in [0.1, 0.15) is 4.99 Å². The number of hydrogen-bond acceptors (Lipinski definition) is 3. The molecular weight excluding hydrogens is 288 g/mol. The van der Waals surface area contributed by atoms with Gasteiger partial charge in [-0.15, -0.1) is 0 Å². The van der Waals surface area contributed by atoms with Gasteiger partial charge < -0.3 is 15.8 Å². The maximum absolute atomic E-state index is 5.65. The molecule has 0 aliphatic rings. The third kappa shape index (κ3) is 3.73. The number of thiocarbonyl (C=S) groups is 1. The van der Waals surface area contributed by atoms with E-state index in [1.54, 1.807) is 7.11 Å². The van der Waals surface area contributed by atoms with Crippen LogP contribution in [0.4, 0.5) is 5.69 Å². The Bertz CT molecular complexity index is 384. The normalized spacial score (nSPS) is 12.2. The fraction of sp³-hybridized carbons (Fsp3) is 0.364. The quantitative estimate of drug-likeness (QED) is 0.821. The summed E-state index contributed by atoms with van der Waals surface area (Å²) in [4.78, 5) is 0.389. The molecule has 0 fully saturated rings. The van der Waals surface area contributed by atoms with Crippen molar-refractivity contribution in [3.05, 3.63) is 28.2 Å². The highest BCUT2D eigenvalue weighted by Gasteiger charge is 2.07. The van der Waals surface area contributed by atoms with Crippen LogP contribution < -0.4 is 11.1 Å². The highest BCUT2D eigenvalue weighted by atomic mass is 79.9. The molecule has 1 unspecified atom stereocenters. The van der Waals surface area contributed by atoms with E-state index < -0.39 is 0 Å². The third-order valence-corrected chi connectivity index (χ3v) is 2.94. The van der Waals surface area contributed by atoms with Gasteiger partial charge in [0.05, 0.1) is 6.10 Å². The fourth-order valence-corrected chi connectivity index (χ4v) is 1.75. The Kier molecular flexibility index (Phi) is 5.18. The molecule has 1 aromatic rings. The molecule has 5 heteroatoms. The van der Waals surface area contributed by atoms with Crippen molar-refractivity contribution in [3.8, 4) is 0 Å². The molecule has 0 heterocycles. The first-order chi connectivity index (χ1) is 7.54. The molecule has 1 atom stereocenters. The Labute approximate surface area is 109 Å². The van der Waals surface area contributed by atoms with E-state index in [9.17, 15) is 0 Å². The van der Waals surface area contributed by atoms with Gasteiger partial charge in [-0.25, -0.2) is 0 Å². The number of benzene rings is 1. The number of ether oxygens (including phenoxy) is 1. The van der Waals surface area contributed by atoms with Gasteiger partial charge in [0.15, 0.2) is 0 Å². The average Bonchev–Trinajstić information content (AvgIpc) is 2.25. The van der Waals surface area contributed by atoms with Crippen LogP contribution in [-0.2, 0) is 4.74 Å². The van der Waals surface area contributed by atoms with Crippen molar-refractivity contribution in [1.82, 2.24) is 0 Å². The Morgan fingerprint density at radius 1 is 1.62 bits per heavy atom. The third-order valence-electron chi connectivity index (χ3n) is 2.23. The molecule has 0 saturated carbocycles. The highest BCUT2D eigenvalue weighted by Crippen LogP contribution is 2.21. The molecule has 88 valence electrons. The zero-order chi connectivity index (χ0) is 12.1. The number of anilines is 1. The molecule has 0 bridgehead atoms. The van der Waals surface area contributed by atoms with Gasteiger partial charge in [0, 0.05) is 29.4 Å². The van der Waals surface area contributed by atoms with Crippen LogP contribution in [0.3, 0.4) is 0 Å². The summed E-state index contributed by atoms with van der Waals surface area (Å²) in [7, 11) is 1.68. The topological polar surface area (TPSA) is 47.3 Å². The van der Waals surface area contributed by atoms with Crippen molar-refractivity contribution in [2.24, 2.45) is 5.73 Å². The van der Waals surface area contributed by atoms with Gasteiger partial charge in [-0.05, 0) is 25.1 Å². The molecule has 0 aliphatic heterocycles.